The molecule has 0 amide bonds. The number of carbonyl (C=O) groups is 3. The first-order valence-corrected chi connectivity index (χ1v) is 9.71. The highest BCUT2D eigenvalue weighted by Crippen LogP contribution is 2.42. The Kier molecular flexibility index (Phi) is 7.93. The third kappa shape index (κ3) is 6.30. The summed E-state index contributed by atoms with van der Waals surface area (Å²) >= 11 is 0. The summed E-state index contributed by atoms with van der Waals surface area (Å²) in [6.45, 7) is 1.98. The van der Waals surface area contributed by atoms with Crippen LogP contribution in [0.3, 0.4) is 0 Å². The SMILES string of the molecule is CC/C=C\CC(=O)CC[C@@]1(O)C[C@H](OC(=O)c2ccccc2)C[C@@H]1CC(=O)O. The second kappa shape index (κ2) is 10.2. The zero-order valence-electron chi connectivity index (χ0n) is 16.2. The average Bonchev–Trinajstić information content (AvgIpc) is 2.96. The fourth-order valence-electron chi connectivity index (χ4n) is 3.69. The number of esters is 1. The Morgan fingerprint density at radius 2 is 1.93 bits per heavy atom. The first-order valence-electron chi connectivity index (χ1n) is 9.71. The predicted octanol–water partition coefficient (Wildman–Crippen LogP) is 3.53. The average molecular weight is 388 g/mol. The van der Waals surface area contributed by atoms with Gasteiger partial charge in [0.25, 0.3) is 0 Å². The van der Waals surface area contributed by atoms with Crippen LogP contribution in [0.5, 0.6) is 0 Å². The van der Waals surface area contributed by atoms with Crippen LogP contribution in [-0.2, 0) is 14.3 Å². The molecular weight excluding hydrogens is 360 g/mol. The van der Waals surface area contributed by atoms with Crippen molar-refractivity contribution < 1.29 is 29.3 Å². The minimum absolute atomic E-state index is 0.00284. The van der Waals surface area contributed by atoms with Gasteiger partial charge in [-0.05, 0) is 31.4 Å². The van der Waals surface area contributed by atoms with E-state index in [0.717, 1.165) is 6.42 Å². The van der Waals surface area contributed by atoms with Crippen LogP contribution < -0.4 is 0 Å². The molecule has 0 aliphatic heterocycles. The Morgan fingerprint density at radius 3 is 2.57 bits per heavy atom. The van der Waals surface area contributed by atoms with Gasteiger partial charge in [0.1, 0.15) is 11.9 Å². The second-order valence-corrected chi connectivity index (χ2v) is 7.35. The van der Waals surface area contributed by atoms with Crippen LogP contribution in [0.2, 0.25) is 0 Å². The van der Waals surface area contributed by atoms with Gasteiger partial charge in [-0.3, -0.25) is 9.59 Å². The van der Waals surface area contributed by atoms with E-state index >= 15 is 0 Å². The zero-order valence-corrected chi connectivity index (χ0v) is 16.2. The van der Waals surface area contributed by atoms with E-state index in [9.17, 15) is 24.6 Å². The molecule has 2 N–H and O–H groups in total. The summed E-state index contributed by atoms with van der Waals surface area (Å²) in [7, 11) is 0. The monoisotopic (exact) mass is 388 g/mol. The first-order chi connectivity index (χ1) is 13.3. The van der Waals surface area contributed by atoms with Crippen molar-refractivity contribution in [1.82, 2.24) is 0 Å². The molecule has 1 aromatic carbocycles. The van der Waals surface area contributed by atoms with Gasteiger partial charge in [-0.2, -0.15) is 0 Å². The molecule has 6 nitrogen and oxygen atoms in total. The molecule has 1 aromatic rings. The third-order valence-electron chi connectivity index (χ3n) is 5.18. The molecule has 0 heterocycles. The van der Waals surface area contributed by atoms with Crippen LogP contribution in [0.15, 0.2) is 42.5 Å². The van der Waals surface area contributed by atoms with E-state index in [1.54, 1.807) is 36.4 Å². The number of aliphatic hydroxyl groups is 1. The number of allylic oxidation sites excluding steroid dienone is 2. The summed E-state index contributed by atoms with van der Waals surface area (Å²) in [5.74, 6) is -2.07. The lowest BCUT2D eigenvalue weighted by molar-refractivity contribution is -0.140. The van der Waals surface area contributed by atoms with Crippen LogP contribution in [-0.4, -0.2) is 39.6 Å². The first kappa shape index (κ1) is 21.8. The van der Waals surface area contributed by atoms with Crippen molar-refractivity contribution in [2.45, 2.75) is 63.6 Å². The highest BCUT2D eigenvalue weighted by molar-refractivity contribution is 5.89. The Morgan fingerprint density at radius 1 is 1.21 bits per heavy atom. The zero-order chi connectivity index (χ0) is 20.6. The fraction of sp³-hybridized carbons (Fsp3) is 0.500. The number of ketones is 1. The van der Waals surface area contributed by atoms with Crippen molar-refractivity contribution in [3.8, 4) is 0 Å². The number of hydrogen-bond donors (Lipinski definition) is 2. The van der Waals surface area contributed by atoms with Gasteiger partial charge in [0, 0.05) is 25.2 Å². The maximum atomic E-state index is 12.3. The number of carbonyl (C=O) groups excluding carboxylic acids is 2. The third-order valence-corrected chi connectivity index (χ3v) is 5.18. The quantitative estimate of drug-likeness (QED) is 0.470. The van der Waals surface area contributed by atoms with Crippen molar-refractivity contribution >= 4 is 17.7 Å². The van der Waals surface area contributed by atoms with Crippen molar-refractivity contribution in [1.29, 1.82) is 0 Å². The van der Waals surface area contributed by atoms with E-state index in [1.165, 1.54) is 0 Å². The number of carboxylic acids is 1. The maximum absolute atomic E-state index is 12.3. The van der Waals surface area contributed by atoms with E-state index in [1.807, 2.05) is 13.0 Å². The van der Waals surface area contributed by atoms with Crippen LogP contribution in [0.25, 0.3) is 0 Å². The molecule has 0 unspecified atom stereocenters. The summed E-state index contributed by atoms with van der Waals surface area (Å²) < 4.78 is 5.50. The number of rotatable bonds is 10. The topological polar surface area (TPSA) is 101 Å². The molecular formula is C22H28O6. The molecule has 28 heavy (non-hydrogen) atoms. The molecule has 0 radical (unpaired) electrons. The van der Waals surface area contributed by atoms with E-state index in [2.05, 4.69) is 0 Å². The normalized spacial score (nSPS) is 24.4. The smallest absolute Gasteiger partial charge is 0.338 e. The fourth-order valence-corrected chi connectivity index (χ4v) is 3.69. The van der Waals surface area contributed by atoms with Crippen LogP contribution in [0.1, 0.15) is 62.2 Å². The van der Waals surface area contributed by atoms with Gasteiger partial charge in [-0.15, -0.1) is 0 Å². The molecule has 1 aliphatic carbocycles. The van der Waals surface area contributed by atoms with Gasteiger partial charge in [0.15, 0.2) is 0 Å². The van der Waals surface area contributed by atoms with Crippen LogP contribution in [0, 0.1) is 5.92 Å². The standard InChI is InChI=1S/C22H28O6/c1-2-3-5-10-18(23)11-12-22(27)15-19(13-17(22)14-20(24)25)28-21(26)16-8-6-4-7-9-16/h3-9,17,19,27H,2,10-15H2,1H3,(H,24,25)/b5-3-/t17-,19-,22-/m1/s1. The summed E-state index contributed by atoms with van der Waals surface area (Å²) in [6, 6.07) is 8.53. The van der Waals surface area contributed by atoms with E-state index in [0.29, 0.717) is 12.0 Å². The van der Waals surface area contributed by atoms with Crippen LogP contribution >= 0.6 is 0 Å². The lowest BCUT2D eigenvalue weighted by atomic mass is 9.83. The molecule has 152 valence electrons. The van der Waals surface area contributed by atoms with Crippen LogP contribution in [0.4, 0.5) is 0 Å². The Hall–Kier alpha value is -2.47. The number of benzene rings is 1. The highest BCUT2D eigenvalue weighted by Gasteiger charge is 2.48. The minimum atomic E-state index is -1.33. The predicted molar refractivity (Wildman–Crippen MR) is 104 cm³/mol. The Balaban J connectivity index is 2.00. The molecule has 2 rings (SSSR count). The van der Waals surface area contributed by atoms with Gasteiger partial charge in [0.05, 0.1) is 17.6 Å². The lowest BCUT2D eigenvalue weighted by Crippen LogP contribution is -2.35. The number of aliphatic carboxylic acids is 1. The molecule has 0 spiro atoms. The molecule has 1 fully saturated rings. The lowest BCUT2D eigenvalue weighted by Gasteiger charge is -2.28. The number of ether oxygens (including phenoxy) is 1. The summed E-state index contributed by atoms with van der Waals surface area (Å²) in [5.41, 5.74) is -0.921. The van der Waals surface area contributed by atoms with Gasteiger partial charge in [-0.25, -0.2) is 4.79 Å². The van der Waals surface area contributed by atoms with Gasteiger partial charge >= 0.3 is 11.9 Å². The molecule has 0 aromatic heterocycles. The largest absolute Gasteiger partial charge is 0.481 e. The summed E-state index contributed by atoms with van der Waals surface area (Å²) in [4.78, 5) is 35.5. The number of hydrogen-bond acceptors (Lipinski definition) is 5. The molecule has 0 bridgehead atoms. The number of carboxylic acid groups (broad SMARTS) is 1. The van der Waals surface area contributed by atoms with E-state index in [-0.39, 0.29) is 37.9 Å². The highest BCUT2D eigenvalue weighted by atomic mass is 16.5. The maximum Gasteiger partial charge on any atom is 0.338 e. The molecule has 6 heteroatoms. The molecule has 1 aliphatic rings. The molecule has 0 saturated heterocycles. The Labute approximate surface area is 165 Å². The second-order valence-electron chi connectivity index (χ2n) is 7.35. The van der Waals surface area contributed by atoms with Crippen molar-refractivity contribution in [3.05, 3.63) is 48.0 Å². The van der Waals surface area contributed by atoms with Gasteiger partial charge in [-0.1, -0.05) is 37.3 Å². The van der Waals surface area contributed by atoms with E-state index in [4.69, 9.17) is 4.74 Å². The molecule has 1 saturated carbocycles. The van der Waals surface area contributed by atoms with Crippen molar-refractivity contribution in [3.63, 3.8) is 0 Å². The Bertz CT molecular complexity index is 711. The van der Waals surface area contributed by atoms with Gasteiger partial charge in [0.2, 0.25) is 0 Å². The summed E-state index contributed by atoms with van der Waals surface area (Å²) in [6.07, 6.45) is 4.83. The molecule has 3 atom stereocenters. The van der Waals surface area contributed by atoms with Crippen molar-refractivity contribution in [2.24, 2.45) is 5.92 Å². The van der Waals surface area contributed by atoms with Gasteiger partial charge < -0.3 is 14.9 Å². The summed E-state index contributed by atoms with van der Waals surface area (Å²) in [5, 5.41) is 20.2. The van der Waals surface area contributed by atoms with E-state index < -0.39 is 29.6 Å². The number of Topliss-reactive ketones (excluding diaryl/α,β-unsaturated/α-hetero) is 1. The minimum Gasteiger partial charge on any atom is -0.481 e. The van der Waals surface area contributed by atoms with Crippen molar-refractivity contribution in [2.75, 3.05) is 0 Å².